The molecule has 16 heavy (non-hydrogen) atoms. The first-order valence-electron chi connectivity index (χ1n) is 5.17. The van der Waals surface area contributed by atoms with Crippen molar-refractivity contribution in [2.45, 2.75) is 19.0 Å². The van der Waals surface area contributed by atoms with Gasteiger partial charge in [0.25, 0.3) is 0 Å². The third-order valence-corrected chi connectivity index (χ3v) is 2.77. The molecule has 2 N–H and O–H groups in total. The van der Waals surface area contributed by atoms with Crippen molar-refractivity contribution in [2.24, 2.45) is 5.73 Å². The molecule has 0 aliphatic rings. The fraction of sp³-hybridized carbons (Fsp3) is 0.250. The van der Waals surface area contributed by atoms with E-state index >= 15 is 0 Å². The molecular weight excluding hydrogens is 222 g/mol. The molecule has 1 aromatic carbocycles. The summed E-state index contributed by atoms with van der Waals surface area (Å²) in [7, 11) is 0. The molecule has 2 atom stereocenters. The Labute approximate surface area is 99.9 Å². The smallest absolute Gasteiger partial charge is 0.0952 e. The van der Waals surface area contributed by atoms with Crippen molar-refractivity contribution < 1.29 is 0 Å². The van der Waals surface area contributed by atoms with E-state index in [-0.39, 0.29) is 12.1 Å². The maximum absolute atomic E-state index is 6.02. The summed E-state index contributed by atoms with van der Waals surface area (Å²) in [4.78, 5) is 4.05. The minimum absolute atomic E-state index is 0.00679. The molecule has 0 saturated carbocycles. The van der Waals surface area contributed by atoms with E-state index in [0.29, 0.717) is 0 Å². The number of rotatable bonds is 3. The molecule has 4 heteroatoms. The van der Waals surface area contributed by atoms with Crippen LogP contribution in [0.1, 0.15) is 18.5 Å². The molecule has 0 aliphatic heterocycles. The van der Waals surface area contributed by atoms with Crippen molar-refractivity contribution in [1.29, 1.82) is 0 Å². The number of halogens is 1. The lowest BCUT2D eigenvalue weighted by atomic mass is 10.0. The van der Waals surface area contributed by atoms with Crippen LogP contribution in [-0.4, -0.2) is 15.6 Å². The average Bonchev–Trinajstić information content (AvgIpc) is 2.71. The number of nitrogens with zero attached hydrogens (tertiary/aromatic N) is 2. The first-order chi connectivity index (χ1) is 7.68. The zero-order chi connectivity index (χ0) is 11.5. The molecule has 1 heterocycles. The molecule has 2 aromatic rings. The van der Waals surface area contributed by atoms with Crippen LogP contribution < -0.4 is 5.73 Å². The highest BCUT2D eigenvalue weighted by Gasteiger charge is 2.17. The van der Waals surface area contributed by atoms with Crippen LogP contribution in [0.15, 0.2) is 43.0 Å². The molecule has 0 bridgehead atoms. The highest BCUT2D eigenvalue weighted by Crippen LogP contribution is 2.23. The number of nitrogens with two attached hydrogens (primary N) is 1. The number of hydrogen-bond donors (Lipinski definition) is 1. The molecule has 2 rings (SSSR count). The second-order valence-electron chi connectivity index (χ2n) is 3.87. The van der Waals surface area contributed by atoms with Crippen LogP contribution in [0.4, 0.5) is 0 Å². The third kappa shape index (κ3) is 2.26. The van der Waals surface area contributed by atoms with E-state index in [1.807, 2.05) is 42.0 Å². The van der Waals surface area contributed by atoms with Gasteiger partial charge in [0.15, 0.2) is 0 Å². The van der Waals surface area contributed by atoms with Crippen molar-refractivity contribution in [3.8, 4) is 0 Å². The predicted octanol–water partition coefficient (Wildman–Crippen LogP) is 2.47. The van der Waals surface area contributed by atoms with Crippen LogP contribution in [0.25, 0.3) is 0 Å². The molecule has 2 unspecified atom stereocenters. The molecule has 0 spiro atoms. The van der Waals surface area contributed by atoms with Crippen LogP contribution in [0, 0.1) is 0 Å². The molecule has 0 amide bonds. The van der Waals surface area contributed by atoms with Gasteiger partial charge < -0.3 is 10.3 Å². The Morgan fingerprint density at radius 1 is 1.44 bits per heavy atom. The van der Waals surface area contributed by atoms with Gasteiger partial charge in [0.1, 0.15) is 0 Å². The zero-order valence-electron chi connectivity index (χ0n) is 9.05. The maximum Gasteiger partial charge on any atom is 0.0952 e. The third-order valence-electron chi connectivity index (χ3n) is 2.53. The van der Waals surface area contributed by atoms with Crippen LogP contribution in [-0.2, 0) is 0 Å². The SMILES string of the molecule is CC(N)C(c1cccc(Cl)c1)n1ccnc1. The number of hydrogen-bond acceptors (Lipinski definition) is 2. The minimum Gasteiger partial charge on any atom is -0.328 e. The van der Waals surface area contributed by atoms with Gasteiger partial charge in [-0.05, 0) is 24.6 Å². The quantitative estimate of drug-likeness (QED) is 0.888. The van der Waals surface area contributed by atoms with Gasteiger partial charge in [0.05, 0.1) is 12.4 Å². The number of aromatic nitrogens is 2. The summed E-state index contributed by atoms with van der Waals surface area (Å²) < 4.78 is 2.00. The highest BCUT2D eigenvalue weighted by atomic mass is 35.5. The Balaban J connectivity index is 2.41. The Kier molecular flexibility index (Phi) is 3.27. The van der Waals surface area contributed by atoms with E-state index in [4.69, 9.17) is 17.3 Å². The second kappa shape index (κ2) is 4.68. The topological polar surface area (TPSA) is 43.8 Å². The summed E-state index contributed by atoms with van der Waals surface area (Å²) in [6.45, 7) is 1.98. The largest absolute Gasteiger partial charge is 0.328 e. The highest BCUT2D eigenvalue weighted by molar-refractivity contribution is 6.30. The number of benzene rings is 1. The normalized spacial score (nSPS) is 14.7. The summed E-state index contributed by atoms with van der Waals surface area (Å²) in [6, 6.07) is 7.82. The van der Waals surface area contributed by atoms with Crippen molar-refractivity contribution in [1.82, 2.24) is 9.55 Å². The average molecular weight is 236 g/mol. The van der Waals surface area contributed by atoms with Gasteiger partial charge in [-0.2, -0.15) is 0 Å². The maximum atomic E-state index is 6.02. The van der Waals surface area contributed by atoms with Crippen LogP contribution in [0.3, 0.4) is 0 Å². The molecular formula is C12H14ClN3. The standard InChI is InChI=1S/C12H14ClN3/c1-9(14)12(16-6-5-15-8-16)10-3-2-4-11(13)7-10/h2-9,12H,14H2,1H3. The van der Waals surface area contributed by atoms with Crippen LogP contribution in [0.2, 0.25) is 5.02 Å². The fourth-order valence-electron chi connectivity index (χ4n) is 1.87. The molecule has 0 aliphatic carbocycles. The van der Waals surface area contributed by atoms with E-state index in [9.17, 15) is 0 Å². The Morgan fingerprint density at radius 2 is 2.25 bits per heavy atom. The van der Waals surface area contributed by atoms with Gasteiger partial charge in [-0.15, -0.1) is 0 Å². The molecule has 84 valence electrons. The zero-order valence-corrected chi connectivity index (χ0v) is 9.80. The van der Waals surface area contributed by atoms with E-state index in [1.165, 1.54) is 0 Å². The van der Waals surface area contributed by atoms with Crippen molar-refractivity contribution in [3.63, 3.8) is 0 Å². The van der Waals surface area contributed by atoms with Crippen LogP contribution >= 0.6 is 11.6 Å². The van der Waals surface area contributed by atoms with Gasteiger partial charge in [-0.1, -0.05) is 23.7 Å². The van der Waals surface area contributed by atoms with Crippen molar-refractivity contribution >= 4 is 11.6 Å². The number of imidazole rings is 1. The summed E-state index contributed by atoms with van der Waals surface area (Å²) in [5.41, 5.74) is 7.12. The Bertz CT molecular complexity index is 451. The first-order valence-corrected chi connectivity index (χ1v) is 5.55. The molecule has 3 nitrogen and oxygen atoms in total. The van der Waals surface area contributed by atoms with Crippen LogP contribution in [0.5, 0.6) is 0 Å². The lowest BCUT2D eigenvalue weighted by Gasteiger charge is -2.22. The van der Waals surface area contributed by atoms with Gasteiger partial charge in [-0.25, -0.2) is 4.98 Å². The summed E-state index contributed by atoms with van der Waals surface area (Å²) in [5.74, 6) is 0. The lowest BCUT2D eigenvalue weighted by Crippen LogP contribution is -2.29. The fourth-order valence-corrected chi connectivity index (χ4v) is 2.07. The summed E-state index contributed by atoms with van der Waals surface area (Å²) in [5, 5.41) is 0.725. The van der Waals surface area contributed by atoms with E-state index in [2.05, 4.69) is 4.98 Å². The Morgan fingerprint density at radius 3 is 2.81 bits per heavy atom. The monoisotopic (exact) mass is 235 g/mol. The molecule has 0 saturated heterocycles. The van der Waals surface area contributed by atoms with E-state index < -0.39 is 0 Å². The Hall–Kier alpha value is -1.32. The second-order valence-corrected chi connectivity index (χ2v) is 4.31. The first kappa shape index (κ1) is 11.2. The minimum atomic E-state index is -0.00679. The summed E-state index contributed by atoms with van der Waals surface area (Å²) in [6.07, 6.45) is 5.43. The van der Waals surface area contributed by atoms with Gasteiger partial charge in [0.2, 0.25) is 0 Å². The molecule has 0 fully saturated rings. The van der Waals surface area contributed by atoms with Gasteiger partial charge in [-0.3, -0.25) is 0 Å². The van der Waals surface area contributed by atoms with E-state index in [1.54, 1.807) is 12.5 Å². The molecule has 0 radical (unpaired) electrons. The van der Waals surface area contributed by atoms with Crippen molar-refractivity contribution in [2.75, 3.05) is 0 Å². The summed E-state index contributed by atoms with van der Waals surface area (Å²) >= 11 is 5.99. The van der Waals surface area contributed by atoms with E-state index in [0.717, 1.165) is 10.6 Å². The predicted molar refractivity (Wildman–Crippen MR) is 65.5 cm³/mol. The van der Waals surface area contributed by atoms with Gasteiger partial charge >= 0.3 is 0 Å². The van der Waals surface area contributed by atoms with Gasteiger partial charge in [0, 0.05) is 23.5 Å². The van der Waals surface area contributed by atoms with Crippen molar-refractivity contribution in [3.05, 3.63) is 53.6 Å². The molecule has 1 aromatic heterocycles. The lowest BCUT2D eigenvalue weighted by molar-refractivity contribution is 0.496.